The van der Waals surface area contributed by atoms with Gasteiger partial charge in [0.15, 0.2) is 0 Å². The van der Waals surface area contributed by atoms with Crippen LogP contribution in [-0.2, 0) is 4.74 Å². The zero-order valence-corrected chi connectivity index (χ0v) is 13.4. The molecule has 0 radical (unpaired) electrons. The molecule has 2 fully saturated rings. The summed E-state index contributed by atoms with van der Waals surface area (Å²) in [4.78, 5) is 4.90. The normalized spacial score (nSPS) is 24.4. The van der Waals surface area contributed by atoms with Crippen LogP contribution in [0.2, 0.25) is 0 Å². The third-order valence-electron chi connectivity index (χ3n) is 4.70. The fourth-order valence-electron chi connectivity index (χ4n) is 3.17. The summed E-state index contributed by atoms with van der Waals surface area (Å²) in [6.45, 7) is 4.31. The first kappa shape index (κ1) is 15.7. The lowest BCUT2D eigenvalue weighted by molar-refractivity contribution is 0.184. The van der Waals surface area contributed by atoms with Gasteiger partial charge in [-0.2, -0.15) is 0 Å². The van der Waals surface area contributed by atoms with Crippen molar-refractivity contribution in [3.05, 3.63) is 0 Å². The minimum atomic E-state index is 0.258. The van der Waals surface area contributed by atoms with Gasteiger partial charge in [-0.25, -0.2) is 4.99 Å². The van der Waals surface area contributed by atoms with E-state index in [-0.39, 0.29) is 6.10 Å². The van der Waals surface area contributed by atoms with Crippen LogP contribution in [0.25, 0.3) is 0 Å². The molecule has 3 nitrogen and oxygen atoms in total. The van der Waals surface area contributed by atoms with Gasteiger partial charge < -0.3 is 10.1 Å². The second kappa shape index (κ2) is 8.53. The summed E-state index contributed by atoms with van der Waals surface area (Å²) < 4.78 is 6.04. The molecule has 2 aliphatic carbocycles. The number of nitrogens with zero attached hydrogens (tertiary/aromatic N) is 1. The Kier molecular flexibility index (Phi) is 6.68. The summed E-state index contributed by atoms with van der Waals surface area (Å²) in [6.07, 6.45) is 14.4. The van der Waals surface area contributed by atoms with E-state index < -0.39 is 0 Å². The topological polar surface area (TPSA) is 33.6 Å². The van der Waals surface area contributed by atoms with Crippen molar-refractivity contribution in [2.75, 3.05) is 0 Å². The molecule has 1 N–H and O–H groups in total. The monoisotopic (exact) mass is 280 g/mol. The third-order valence-corrected chi connectivity index (χ3v) is 4.70. The molecule has 0 bridgehead atoms. The Morgan fingerprint density at radius 1 is 1.05 bits per heavy atom. The van der Waals surface area contributed by atoms with Crippen LogP contribution >= 0.6 is 0 Å². The summed E-state index contributed by atoms with van der Waals surface area (Å²) in [7, 11) is 0. The largest absolute Gasteiger partial charge is 0.462 e. The first-order valence-corrected chi connectivity index (χ1v) is 8.79. The Morgan fingerprint density at radius 2 is 1.65 bits per heavy atom. The number of rotatable bonds is 4. The summed E-state index contributed by atoms with van der Waals surface area (Å²) in [6, 6.07) is 1.90. The van der Waals surface area contributed by atoms with Crippen molar-refractivity contribution >= 4 is 6.02 Å². The van der Waals surface area contributed by atoms with E-state index in [9.17, 15) is 0 Å². The average Bonchev–Trinajstić information content (AvgIpc) is 2.49. The lowest BCUT2D eigenvalue weighted by Crippen LogP contribution is -2.40. The molecule has 0 aromatic heterocycles. The van der Waals surface area contributed by atoms with Gasteiger partial charge in [0.1, 0.15) is 0 Å². The van der Waals surface area contributed by atoms with Crippen molar-refractivity contribution in [1.29, 1.82) is 0 Å². The van der Waals surface area contributed by atoms with E-state index in [1.165, 1.54) is 64.2 Å². The number of amidine groups is 1. The minimum absolute atomic E-state index is 0.258. The third kappa shape index (κ3) is 5.34. The Hall–Kier alpha value is -0.730. The highest BCUT2D eigenvalue weighted by atomic mass is 16.5. The summed E-state index contributed by atoms with van der Waals surface area (Å²) in [5.74, 6) is 0. The molecule has 2 rings (SSSR count). The van der Waals surface area contributed by atoms with Crippen LogP contribution in [-0.4, -0.2) is 24.2 Å². The first-order chi connectivity index (χ1) is 9.78. The molecule has 0 saturated heterocycles. The molecule has 20 heavy (non-hydrogen) atoms. The summed E-state index contributed by atoms with van der Waals surface area (Å²) in [5.41, 5.74) is 0. The highest BCUT2D eigenvalue weighted by Crippen LogP contribution is 2.21. The Balaban J connectivity index is 1.92. The van der Waals surface area contributed by atoms with Gasteiger partial charge in [-0.1, -0.05) is 45.4 Å². The van der Waals surface area contributed by atoms with Crippen LogP contribution in [0.3, 0.4) is 0 Å². The number of hydrogen-bond acceptors (Lipinski definition) is 2. The fourth-order valence-corrected chi connectivity index (χ4v) is 3.17. The predicted molar refractivity (Wildman–Crippen MR) is 85.2 cm³/mol. The van der Waals surface area contributed by atoms with Gasteiger partial charge in [-0.05, 0) is 39.0 Å². The molecule has 116 valence electrons. The van der Waals surface area contributed by atoms with E-state index in [0.29, 0.717) is 12.1 Å². The molecular formula is C17H32N2O. The summed E-state index contributed by atoms with van der Waals surface area (Å²) >= 11 is 0. The van der Waals surface area contributed by atoms with Gasteiger partial charge in [0, 0.05) is 6.04 Å². The van der Waals surface area contributed by atoms with Crippen LogP contribution in [0, 0.1) is 0 Å². The van der Waals surface area contributed by atoms with Crippen molar-refractivity contribution < 1.29 is 4.74 Å². The maximum Gasteiger partial charge on any atom is 0.285 e. The average molecular weight is 280 g/mol. The Bertz CT molecular complexity index is 291. The van der Waals surface area contributed by atoms with E-state index in [2.05, 4.69) is 19.2 Å². The van der Waals surface area contributed by atoms with Crippen molar-refractivity contribution in [3.63, 3.8) is 0 Å². The molecule has 0 amide bonds. The van der Waals surface area contributed by atoms with Gasteiger partial charge in [0.25, 0.3) is 6.02 Å². The molecule has 2 saturated carbocycles. The van der Waals surface area contributed by atoms with Crippen molar-refractivity contribution in [2.24, 2.45) is 4.99 Å². The molecule has 0 aromatic rings. The highest BCUT2D eigenvalue weighted by molar-refractivity contribution is 5.74. The SMILES string of the molecule is CCC(C)OC(=NC1CCCCC1)NC1CCCCC1. The van der Waals surface area contributed by atoms with E-state index >= 15 is 0 Å². The van der Waals surface area contributed by atoms with Gasteiger partial charge in [-0.3, -0.25) is 0 Å². The fraction of sp³-hybridized carbons (Fsp3) is 0.941. The molecule has 0 heterocycles. The maximum atomic E-state index is 6.04. The molecule has 0 spiro atoms. The van der Waals surface area contributed by atoms with Crippen LogP contribution in [0.15, 0.2) is 4.99 Å². The maximum absolute atomic E-state index is 6.04. The Labute approximate surface area is 124 Å². The van der Waals surface area contributed by atoms with Crippen LogP contribution < -0.4 is 5.32 Å². The molecule has 0 aromatic carbocycles. The standard InChI is InChI=1S/C17H32N2O/c1-3-14(2)20-17(18-15-10-6-4-7-11-15)19-16-12-8-5-9-13-16/h14-16H,3-13H2,1-2H3,(H,18,19). The summed E-state index contributed by atoms with van der Waals surface area (Å²) in [5, 5.41) is 3.60. The quantitative estimate of drug-likeness (QED) is 0.611. The first-order valence-electron chi connectivity index (χ1n) is 8.79. The van der Waals surface area contributed by atoms with Gasteiger partial charge in [0.05, 0.1) is 12.1 Å². The second-order valence-electron chi connectivity index (χ2n) is 6.54. The lowest BCUT2D eigenvalue weighted by atomic mass is 9.95. The van der Waals surface area contributed by atoms with Crippen LogP contribution in [0.5, 0.6) is 0 Å². The molecule has 1 atom stereocenters. The smallest absolute Gasteiger partial charge is 0.285 e. The Morgan fingerprint density at radius 3 is 2.25 bits per heavy atom. The molecular weight excluding hydrogens is 248 g/mol. The van der Waals surface area contributed by atoms with E-state index in [0.717, 1.165) is 12.4 Å². The van der Waals surface area contributed by atoms with E-state index in [1.54, 1.807) is 0 Å². The number of hydrogen-bond donors (Lipinski definition) is 1. The predicted octanol–water partition coefficient (Wildman–Crippen LogP) is 4.41. The van der Waals surface area contributed by atoms with Gasteiger partial charge in [0.2, 0.25) is 0 Å². The van der Waals surface area contributed by atoms with Crippen LogP contribution in [0.1, 0.15) is 84.5 Å². The molecule has 0 aliphatic heterocycles. The van der Waals surface area contributed by atoms with E-state index in [1.807, 2.05) is 0 Å². The van der Waals surface area contributed by atoms with Crippen molar-refractivity contribution in [2.45, 2.75) is 103 Å². The minimum Gasteiger partial charge on any atom is -0.462 e. The zero-order valence-electron chi connectivity index (χ0n) is 13.4. The van der Waals surface area contributed by atoms with Crippen molar-refractivity contribution in [3.8, 4) is 0 Å². The molecule has 1 unspecified atom stereocenters. The molecule has 3 heteroatoms. The van der Waals surface area contributed by atoms with Crippen LogP contribution in [0.4, 0.5) is 0 Å². The number of ether oxygens (including phenoxy) is 1. The van der Waals surface area contributed by atoms with Gasteiger partial charge >= 0.3 is 0 Å². The van der Waals surface area contributed by atoms with E-state index in [4.69, 9.17) is 9.73 Å². The highest BCUT2D eigenvalue weighted by Gasteiger charge is 2.19. The van der Waals surface area contributed by atoms with Crippen molar-refractivity contribution in [1.82, 2.24) is 5.32 Å². The molecule has 2 aliphatic rings. The number of nitrogens with one attached hydrogen (secondary N) is 1. The lowest BCUT2D eigenvalue weighted by Gasteiger charge is -2.27. The zero-order chi connectivity index (χ0) is 14.2. The second-order valence-corrected chi connectivity index (χ2v) is 6.54. The van der Waals surface area contributed by atoms with Gasteiger partial charge in [-0.15, -0.1) is 0 Å². The number of aliphatic imine (C=N–C) groups is 1.